The third kappa shape index (κ3) is 5.91. The van der Waals surface area contributed by atoms with Crippen LogP contribution < -0.4 is 4.74 Å². The molecule has 0 atom stereocenters. The Hall–Kier alpha value is -3.02. The van der Waals surface area contributed by atoms with Crippen LogP contribution in [0.1, 0.15) is 51.0 Å². The van der Waals surface area contributed by atoms with E-state index in [9.17, 15) is 17.6 Å². The second kappa shape index (κ2) is 11.4. The molecule has 6 heteroatoms. The zero-order valence-electron chi connectivity index (χ0n) is 19.6. The van der Waals surface area contributed by atoms with Gasteiger partial charge in [-0.25, -0.2) is 13.2 Å². The smallest absolute Gasteiger partial charge is 0.200 e. The van der Waals surface area contributed by atoms with Gasteiger partial charge in [0, 0.05) is 11.1 Å². The van der Waals surface area contributed by atoms with Gasteiger partial charge in [-0.2, -0.15) is 4.39 Å². The minimum atomic E-state index is -1.23. The van der Waals surface area contributed by atoms with Crippen molar-refractivity contribution < 1.29 is 27.0 Å². The van der Waals surface area contributed by atoms with Crippen molar-refractivity contribution in [2.24, 2.45) is 5.92 Å². The average molecular weight is 475 g/mol. The van der Waals surface area contributed by atoms with Crippen LogP contribution in [0.3, 0.4) is 0 Å². The molecule has 3 rings (SSSR count). The topological polar surface area (TPSA) is 18.5 Å². The summed E-state index contributed by atoms with van der Waals surface area (Å²) in [6.45, 7) is 10.5. The molecule has 0 heterocycles. The van der Waals surface area contributed by atoms with E-state index >= 15 is 0 Å². The first-order valence-corrected chi connectivity index (χ1v) is 11.5. The van der Waals surface area contributed by atoms with Crippen molar-refractivity contribution >= 4 is 0 Å². The highest BCUT2D eigenvalue weighted by Crippen LogP contribution is 2.39. The van der Waals surface area contributed by atoms with Gasteiger partial charge in [0.25, 0.3) is 0 Å². The van der Waals surface area contributed by atoms with Gasteiger partial charge in [-0.3, -0.25) is 0 Å². The molecule has 0 bridgehead atoms. The van der Waals surface area contributed by atoms with E-state index in [-0.39, 0.29) is 30.3 Å². The fourth-order valence-electron chi connectivity index (χ4n) is 4.15. The van der Waals surface area contributed by atoms with Crippen molar-refractivity contribution in [2.75, 3.05) is 13.2 Å². The summed E-state index contributed by atoms with van der Waals surface area (Å²) in [6.07, 6.45) is 3.78. The zero-order valence-corrected chi connectivity index (χ0v) is 19.6. The Morgan fingerprint density at radius 2 is 1.56 bits per heavy atom. The third-order valence-electron chi connectivity index (χ3n) is 6.21. The number of ether oxygens (including phenoxy) is 2. The predicted molar refractivity (Wildman–Crippen MR) is 127 cm³/mol. The summed E-state index contributed by atoms with van der Waals surface area (Å²) in [4.78, 5) is 0. The highest BCUT2D eigenvalue weighted by Gasteiger charge is 2.25. The van der Waals surface area contributed by atoms with Crippen LogP contribution in [0.2, 0.25) is 0 Å². The Labute approximate surface area is 198 Å². The summed E-state index contributed by atoms with van der Waals surface area (Å²) in [7, 11) is 0. The molecule has 1 fully saturated rings. The molecule has 0 amide bonds. The number of hydrogen-bond acceptors (Lipinski definition) is 2. The van der Waals surface area contributed by atoms with Gasteiger partial charge >= 0.3 is 0 Å². The van der Waals surface area contributed by atoms with Crippen LogP contribution in [-0.2, 0) is 4.74 Å². The highest BCUT2D eigenvalue weighted by molar-refractivity contribution is 5.65. The van der Waals surface area contributed by atoms with E-state index in [1.54, 1.807) is 43.3 Å². The van der Waals surface area contributed by atoms with Crippen LogP contribution >= 0.6 is 0 Å². The van der Waals surface area contributed by atoms with Crippen LogP contribution in [-0.4, -0.2) is 13.2 Å². The first-order chi connectivity index (χ1) is 16.2. The molecule has 0 aliphatic heterocycles. The van der Waals surface area contributed by atoms with Crippen molar-refractivity contribution in [1.29, 1.82) is 0 Å². The lowest BCUT2D eigenvalue weighted by Crippen LogP contribution is -2.13. The summed E-state index contributed by atoms with van der Waals surface area (Å²) in [6, 6.07) is 9.56. The molecule has 182 valence electrons. The lowest BCUT2D eigenvalue weighted by Gasteiger charge is -2.27. The predicted octanol–water partition coefficient (Wildman–Crippen LogP) is 8.56. The van der Waals surface area contributed by atoms with Crippen LogP contribution in [0.15, 0.2) is 72.5 Å². The van der Waals surface area contributed by atoms with E-state index in [1.807, 2.05) is 0 Å². The molecule has 0 saturated heterocycles. The van der Waals surface area contributed by atoms with Gasteiger partial charge in [0.15, 0.2) is 29.0 Å². The summed E-state index contributed by atoms with van der Waals surface area (Å²) in [5.74, 6) is -3.47. The maximum absolute atomic E-state index is 14.9. The number of hydrogen-bond donors (Lipinski definition) is 0. The largest absolute Gasteiger partial charge is 0.491 e. The molecule has 0 unspecified atom stereocenters. The van der Waals surface area contributed by atoms with Crippen molar-refractivity contribution in [3.63, 3.8) is 0 Å². The van der Waals surface area contributed by atoms with Crippen molar-refractivity contribution in [1.82, 2.24) is 0 Å². The quantitative estimate of drug-likeness (QED) is 0.206. The Morgan fingerprint density at radius 1 is 0.912 bits per heavy atom. The Bertz CT molecular complexity index is 1060. The molecule has 2 aromatic rings. The van der Waals surface area contributed by atoms with Crippen LogP contribution in [0, 0.1) is 17.6 Å². The molecule has 0 aromatic heterocycles. The number of benzene rings is 2. The van der Waals surface area contributed by atoms with Crippen LogP contribution in [0.4, 0.5) is 17.6 Å². The molecule has 1 aliphatic rings. The summed E-state index contributed by atoms with van der Waals surface area (Å²) < 4.78 is 68.1. The maximum Gasteiger partial charge on any atom is 0.200 e. The fourth-order valence-corrected chi connectivity index (χ4v) is 4.15. The monoisotopic (exact) mass is 474 g/mol. The number of rotatable bonds is 9. The van der Waals surface area contributed by atoms with Crippen LogP contribution in [0.25, 0.3) is 11.1 Å². The SMILES string of the molecule is C=C(COc1ccc(-c2ccc(C3CCC(C)CC3)c(F)c2F)cc1)/C(F)=C(/F)C(=C)OCC. The fraction of sp³-hybridized carbons (Fsp3) is 0.357. The molecule has 0 spiro atoms. The van der Waals surface area contributed by atoms with E-state index in [2.05, 4.69) is 20.1 Å². The molecule has 0 N–H and O–H groups in total. The van der Waals surface area contributed by atoms with E-state index in [4.69, 9.17) is 9.47 Å². The molecule has 2 nitrogen and oxygen atoms in total. The number of allylic oxidation sites excluding steroid dienone is 1. The Kier molecular flexibility index (Phi) is 8.59. The molecular weight excluding hydrogens is 444 g/mol. The zero-order chi connectivity index (χ0) is 24.8. The van der Waals surface area contributed by atoms with Gasteiger partial charge in [0.05, 0.1) is 6.61 Å². The van der Waals surface area contributed by atoms with Gasteiger partial charge in [-0.05, 0) is 54.9 Å². The van der Waals surface area contributed by atoms with Gasteiger partial charge in [0.2, 0.25) is 0 Å². The normalized spacial score (nSPS) is 18.8. The van der Waals surface area contributed by atoms with Crippen molar-refractivity contribution in [3.8, 4) is 16.9 Å². The maximum atomic E-state index is 14.9. The van der Waals surface area contributed by atoms with Crippen molar-refractivity contribution in [2.45, 2.75) is 45.4 Å². The summed E-state index contributed by atoms with van der Waals surface area (Å²) >= 11 is 0. The summed E-state index contributed by atoms with van der Waals surface area (Å²) in [5, 5.41) is 0. The van der Waals surface area contributed by atoms with Gasteiger partial charge in [0.1, 0.15) is 12.4 Å². The first kappa shape index (κ1) is 25.6. The van der Waals surface area contributed by atoms with E-state index < -0.39 is 29.0 Å². The first-order valence-electron chi connectivity index (χ1n) is 11.5. The molecule has 34 heavy (non-hydrogen) atoms. The van der Waals surface area contributed by atoms with Crippen molar-refractivity contribution in [3.05, 3.63) is 89.7 Å². The minimum absolute atomic E-state index is 0.0496. The Balaban J connectivity index is 1.67. The standard InChI is InChI=1S/C28H30F4O2/c1-5-33-19(4)26(30)25(29)18(3)16-34-22-12-10-21(11-13-22)24-15-14-23(27(31)28(24)32)20-8-6-17(2)7-9-20/h10-15,17,20H,3-9,16H2,1-2H3/b26-25-. The van der Waals surface area contributed by atoms with Gasteiger partial charge in [-0.15, -0.1) is 0 Å². The molecule has 2 aromatic carbocycles. The average Bonchev–Trinajstić information content (AvgIpc) is 2.84. The Morgan fingerprint density at radius 3 is 2.18 bits per heavy atom. The minimum Gasteiger partial charge on any atom is -0.491 e. The van der Waals surface area contributed by atoms with E-state index in [0.29, 0.717) is 22.8 Å². The summed E-state index contributed by atoms with van der Waals surface area (Å²) in [5.41, 5.74) is 0.868. The lowest BCUT2D eigenvalue weighted by atomic mass is 9.79. The second-order valence-electron chi connectivity index (χ2n) is 8.69. The van der Waals surface area contributed by atoms with E-state index in [0.717, 1.165) is 25.7 Å². The third-order valence-corrected chi connectivity index (χ3v) is 6.21. The molecule has 1 saturated carbocycles. The molecule has 0 radical (unpaired) electrons. The molecular formula is C28H30F4O2. The lowest BCUT2D eigenvalue weighted by molar-refractivity contribution is 0.223. The van der Waals surface area contributed by atoms with Gasteiger partial charge in [-0.1, -0.05) is 57.2 Å². The highest BCUT2D eigenvalue weighted by atomic mass is 19.2. The van der Waals surface area contributed by atoms with E-state index in [1.165, 1.54) is 0 Å². The second-order valence-corrected chi connectivity index (χ2v) is 8.69. The van der Waals surface area contributed by atoms with Gasteiger partial charge < -0.3 is 9.47 Å². The van der Waals surface area contributed by atoms with Crippen LogP contribution in [0.5, 0.6) is 5.75 Å². The molecule has 1 aliphatic carbocycles. The number of halogens is 4.